The van der Waals surface area contributed by atoms with Gasteiger partial charge >= 0.3 is 0 Å². The van der Waals surface area contributed by atoms with E-state index in [1.165, 1.54) is 51.6 Å². The zero-order valence-electron chi connectivity index (χ0n) is 14.3. The third-order valence-electron chi connectivity index (χ3n) is 5.24. The smallest absolute Gasteiger partial charge is 0.119 e. The maximum absolute atomic E-state index is 5.40. The molecular weight excluding hydrogens is 308 g/mol. The van der Waals surface area contributed by atoms with Gasteiger partial charge in [-0.2, -0.15) is 0 Å². The van der Waals surface area contributed by atoms with Crippen molar-refractivity contribution in [3.05, 3.63) is 66.6 Å². The molecule has 0 fully saturated rings. The van der Waals surface area contributed by atoms with Crippen LogP contribution in [0.4, 0.5) is 0 Å². The molecule has 25 heavy (non-hydrogen) atoms. The fraction of sp³-hybridized carbons (Fsp3) is 0.182. The topological polar surface area (TPSA) is 29.9 Å². The van der Waals surface area contributed by atoms with E-state index in [4.69, 9.17) is 4.74 Å². The van der Waals surface area contributed by atoms with Crippen LogP contribution >= 0.6 is 0 Å². The molecule has 0 spiro atoms. The molecule has 0 amide bonds. The number of aromatic nitrogens is 2. The Morgan fingerprint density at radius 2 is 1.88 bits per heavy atom. The first kappa shape index (κ1) is 14.4. The lowest BCUT2D eigenvalue weighted by atomic mass is 9.97. The molecule has 0 saturated carbocycles. The Morgan fingerprint density at radius 1 is 1.00 bits per heavy atom. The number of aromatic amines is 1. The SMILES string of the molecule is COc1cccc(-c2c[nH]cc2-c2cn3c4c(cccc24)CCC3)c1. The average Bonchev–Trinajstić information content (AvgIpc) is 3.28. The lowest BCUT2D eigenvalue weighted by Crippen LogP contribution is -2.05. The van der Waals surface area contributed by atoms with E-state index in [9.17, 15) is 0 Å². The molecule has 1 aliphatic heterocycles. The summed E-state index contributed by atoms with van der Waals surface area (Å²) in [6.07, 6.45) is 8.90. The predicted molar refractivity (Wildman–Crippen MR) is 102 cm³/mol. The summed E-state index contributed by atoms with van der Waals surface area (Å²) in [5.74, 6) is 0.882. The van der Waals surface area contributed by atoms with E-state index in [0.29, 0.717) is 0 Å². The number of ether oxygens (including phenoxy) is 1. The number of nitrogens with zero attached hydrogens (tertiary/aromatic N) is 1. The normalized spacial score (nSPS) is 13.3. The maximum atomic E-state index is 5.40. The van der Waals surface area contributed by atoms with E-state index in [1.807, 2.05) is 12.1 Å². The Hall–Kier alpha value is -2.94. The van der Waals surface area contributed by atoms with Gasteiger partial charge in [-0.25, -0.2) is 0 Å². The second-order valence-electron chi connectivity index (χ2n) is 6.67. The number of nitrogens with one attached hydrogen (secondary N) is 1. The van der Waals surface area contributed by atoms with Crippen LogP contribution < -0.4 is 4.74 Å². The number of para-hydroxylation sites is 1. The molecule has 5 rings (SSSR count). The van der Waals surface area contributed by atoms with Crippen molar-refractivity contribution < 1.29 is 4.74 Å². The van der Waals surface area contributed by atoms with Gasteiger partial charge in [-0.05, 0) is 36.1 Å². The summed E-state index contributed by atoms with van der Waals surface area (Å²) in [6.45, 7) is 1.10. The van der Waals surface area contributed by atoms with Crippen LogP contribution in [0.2, 0.25) is 0 Å². The van der Waals surface area contributed by atoms with Gasteiger partial charge in [-0.15, -0.1) is 0 Å². The van der Waals surface area contributed by atoms with Gasteiger partial charge in [0.05, 0.1) is 12.6 Å². The number of hydrogen-bond acceptors (Lipinski definition) is 1. The van der Waals surface area contributed by atoms with E-state index >= 15 is 0 Å². The van der Waals surface area contributed by atoms with Crippen LogP contribution in [0.25, 0.3) is 33.2 Å². The Labute approximate surface area is 146 Å². The molecule has 2 aromatic heterocycles. The van der Waals surface area contributed by atoms with Crippen LogP contribution in [0, 0.1) is 0 Å². The Morgan fingerprint density at radius 3 is 2.80 bits per heavy atom. The number of aryl methyl sites for hydroxylation is 2. The first-order valence-corrected chi connectivity index (χ1v) is 8.77. The highest BCUT2D eigenvalue weighted by Gasteiger charge is 2.19. The second-order valence-corrected chi connectivity index (χ2v) is 6.67. The molecule has 4 aromatic rings. The van der Waals surface area contributed by atoms with E-state index in [0.717, 1.165) is 12.3 Å². The van der Waals surface area contributed by atoms with Crippen molar-refractivity contribution in [2.45, 2.75) is 19.4 Å². The molecule has 2 aromatic carbocycles. The van der Waals surface area contributed by atoms with Crippen molar-refractivity contribution >= 4 is 10.9 Å². The molecule has 0 atom stereocenters. The average molecular weight is 328 g/mol. The van der Waals surface area contributed by atoms with Crippen molar-refractivity contribution in [2.75, 3.05) is 7.11 Å². The van der Waals surface area contributed by atoms with Gasteiger partial charge in [-0.3, -0.25) is 0 Å². The van der Waals surface area contributed by atoms with Gasteiger partial charge < -0.3 is 14.3 Å². The molecule has 124 valence electrons. The molecule has 3 heteroatoms. The molecule has 0 radical (unpaired) electrons. The summed E-state index contributed by atoms with van der Waals surface area (Å²) in [6, 6.07) is 15.0. The van der Waals surface area contributed by atoms with Crippen molar-refractivity contribution in [1.29, 1.82) is 0 Å². The minimum Gasteiger partial charge on any atom is -0.497 e. The summed E-state index contributed by atoms with van der Waals surface area (Å²) in [5.41, 5.74) is 7.80. The van der Waals surface area contributed by atoms with Crippen molar-refractivity contribution in [1.82, 2.24) is 9.55 Å². The van der Waals surface area contributed by atoms with Gasteiger partial charge in [0, 0.05) is 47.2 Å². The molecule has 0 bridgehead atoms. The monoisotopic (exact) mass is 328 g/mol. The van der Waals surface area contributed by atoms with Crippen LogP contribution in [0.1, 0.15) is 12.0 Å². The van der Waals surface area contributed by atoms with Gasteiger partial charge in [0.2, 0.25) is 0 Å². The molecule has 0 saturated heterocycles. The van der Waals surface area contributed by atoms with Crippen LogP contribution in [-0.2, 0) is 13.0 Å². The van der Waals surface area contributed by atoms with E-state index < -0.39 is 0 Å². The summed E-state index contributed by atoms with van der Waals surface area (Å²) in [7, 11) is 1.71. The number of benzene rings is 2. The first-order valence-electron chi connectivity index (χ1n) is 8.77. The first-order chi connectivity index (χ1) is 12.3. The summed E-state index contributed by atoms with van der Waals surface area (Å²) < 4.78 is 7.82. The quantitative estimate of drug-likeness (QED) is 0.546. The summed E-state index contributed by atoms with van der Waals surface area (Å²) >= 11 is 0. The van der Waals surface area contributed by atoms with Gasteiger partial charge in [0.25, 0.3) is 0 Å². The van der Waals surface area contributed by atoms with Crippen LogP contribution in [0.15, 0.2) is 61.1 Å². The van der Waals surface area contributed by atoms with Crippen molar-refractivity contribution in [3.8, 4) is 28.0 Å². The number of methoxy groups -OCH3 is 1. The number of hydrogen-bond donors (Lipinski definition) is 1. The largest absolute Gasteiger partial charge is 0.497 e. The second kappa shape index (κ2) is 5.55. The van der Waals surface area contributed by atoms with Crippen molar-refractivity contribution in [2.24, 2.45) is 0 Å². The van der Waals surface area contributed by atoms with E-state index in [-0.39, 0.29) is 0 Å². The maximum Gasteiger partial charge on any atom is 0.119 e. The zero-order chi connectivity index (χ0) is 16.8. The summed E-state index contributed by atoms with van der Waals surface area (Å²) in [4.78, 5) is 3.30. The molecular formula is C22H20N2O. The van der Waals surface area contributed by atoms with Gasteiger partial charge in [-0.1, -0.05) is 30.3 Å². The number of rotatable bonds is 3. The predicted octanol–water partition coefficient (Wildman–Crippen LogP) is 5.26. The summed E-state index contributed by atoms with van der Waals surface area (Å²) in [5, 5.41) is 1.35. The molecule has 0 aliphatic carbocycles. The Balaban J connectivity index is 1.73. The van der Waals surface area contributed by atoms with Crippen LogP contribution in [-0.4, -0.2) is 16.7 Å². The zero-order valence-corrected chi connectivity index (χ0v) is 14.3. The molecule has 1 N–H and O–H groups in total. The highest BCUT2D eigenvalue weighted by molar-refractivity contribution is 6.01. The fourth-order valence-corrected chi connectivity index (χ4v) is 4.09. The molecule has 3 nitrogen and oxygen atoms in total. The van der Waals surface area contributed by atoms with Crippen LogP contribution in [0.3, 0.4) is 0 Å². The Kier molecular flexibility index (Phi) is 3.20. The van der Waals surface area contributed by atoms with Crippen molar-refractivity contribution in [3.63, 3.8) is 0 Å². The lowest BCUT2D eigenvalue weighted by molar-refractivity contribution is 0.415. The van der Waals surface area contributed by atoms with Gasteiger partial charge in [0.1, 0.15) is 5.75 Å². The highest BCUT2D eigenvalue weighted by Crippen LogP contribution is 2.40. The standard InChI is InChI=1S/C22H20N2O/c1-25-17-8-2-6-16(11-17)19-12-23-13-20(19)21-14-24-10-4-7-15-5-3-9-18(21)22(15)24/h2-3,5-6,8-9,11-14,23H,4,7,10H2,1H3. The molecule has 3 heterocycles. The van der Waals surface area contributed by atoms with E-state index in [1.54, 1.807) is 7.11 Å². The third-order valence-corrected chi connectivity index (χ3v) is 5.24. The van der Waals surface area contributed by atoms with E-state index in [2.05, 4.69) is 58.5 Å². The fourth-order valence-electron chi connectivity index (χ4n) is 4.09. The highest BCUT2D eigenvalue weighted by atomic mass is 16.5. The Bertz CT molecular complexity index is 1070. The van der Waals surface area contributed by atoms with Gasteiger partial charge in [0.15, 0.2) is 0 Å². The number of H-pyrrole nitrogens is 1. The molecule has 0 unspecified atom stereocenters. The molecule has 1 aliphatic rings. The lowest BCUT2D eigenvalue weighted by Gasteiger charge is -2.14. The minimum atomic E-state index is 0.882. The van der Waals surface area contributed by atoms with Crippen LogP contribution in [0.5, 0.6) is 5.75 Å². The minimum absolute atomic E-state index is 0.882. The third kappa shape index (κ3) is 2.19.